The number of carbonyl (C=O) groups excluding carboxylic acids is 3. The molecule has 6 aliphatic carbocycles. The predicted molar refractivity (Wildman–Crippen MR) is 397 cm³/mol. The van der Waals surface area contributed by atoms with E-state index in [9.17, 15) is 0 Å². The van der Waals surface area contributed by atoms with E-state index >= 15 is 14.4 Å². The zero-order valence-corrected chi connectivity index (χ0v) is 53.4. The largest absolute Gasteiger partial charge is 0.289 e. The summed E-state index contributed by atoms with van der Waals surface area (Å²) in [5, 5.41) is 5.78. The maximum Gasteiger partial charge on any atom is 0.193 e. The molecule has 3 spiro atoms. The van der Waals surface area contributed by atoms with Crippen molar-refractivity contribution in [3.63, 3.8) is 0 Å². The van der Waals surface area contributed by atoms with Crippen LogP contribution < -0.4 is 0 Å². The first-order chi connectivity index (χ1) is 48.9. The van der Waals surface area contributed by atoms with Gasteiger partial charge in [0.05, 0.1) is 16.2 Å². The highest BCUT2D eigenvalue weighted by Gasteiger charge is 2.65. The molecule has 3 heteroatoms. The second kappa shape index (κ2) is 19.5. The molecule has 16 aromatic rings. The van der Waals surface area contributed by atoms with Crippen molar-refractivity contribution in [2.45, 2.75) is 16.2 Å². The smallest absolute Gasteiger partial charge is 0.193 e. The molecule has 0 saturated heterocycles. The molecule has 456 valence electrons. The Hall–Kier alpha value is -12.7. The zero-order valence-electron chi connectivity index (χ0n) is 53.4. The van der Waals surface area contributed by atoms with Crippen LogP contribution in [0.25, 0.3) is 99.1 Å². The van der Waals surface area contributed by atoms with Crippen molar-refractivity contribution >= 4 is 49.7 Å². The number of benzene rings is 16. The Balaban J connectivity index is 0.931. The van der Waals surface area contributed by atoms with E-state index < -0.39 is 16.2 Å². The van der Waals surface area contributed by atoms with Crippen LogP contribution in [-0.4, -0.2) is 17.3 Å². The summed E-state index contributed by atoms with van der Waals surface area (Å²) in [6.07, 6.45) is 0. The highest BCUT2D eigenvalue weighted by atomic mass is 16.1. The third kappa shape index (κ3) is 6.61. The zero-order chi connectivity index (χ0) is 65.2. The van der Waals surface area contributed by atoms with E-state index in [-0.39, 0.29) is 17.3 Å². The van der Waals surface area contributed by atoms with Crippen LogP contribution in [0.2, 0.25) is 0 Å². The molecule has 6 aliphatic rings. The molecule has 3 nitrogen and oxygen atoms in total. The third-order valence-electron chi connectivity index (χ3n) is 23.5. The summed E-state index contributed by atoms with van der Waals surface area (Å²) in [4.78, 5) is 47.6. The minimum atomic E-state index is -1.03. The average Bonchev–Trinajstić information content (AvgIpc) is 1.45. The fourth-order valence-corrected chi connectivity index (χ4v) is 19.8. The van der Waals surface area contributed by atoms with Crippen molar-refractivity contribution in [2.75, 3.05) is 0 Å². The fourth-order valence-electron chi connectivity index (χ4n) is 19.8. The van der Waals surface area contributed by atoms with E-state index in [1.54, 1.807) is 0 Å². The van der Waals surface area contributed by atoms with E-state index in [0.29, 0.717) is 33.4 Å². The maximum atomic E-state index is 15.9. The van der Waals surface area contributed by atoms with Crippen LogP contribution in [-0.2, 0) is 16.2 Å². The second-order valence-corrected chi connectivity index (χ2v) is 27.6. The molecule has 0 amide bonds. The van der Waals surface area contributed by atoms with Crippen molar-refractivity contribution < 1.29 is 14.4 Å². The van der Waals surface area contributed by atoms with E-state index in [2.05, 4.69) is 255 Å². The van der Waals surface area contributed by atoms with Gasteiger partial charge in [-0.3, -0.25) is 14.4 Å². The van der Waals surface area contributed by atoms with Crippen molar-refractivity contribution in [2.24, 2.45) is 0 Å². The van der Waals surface area contributed by atoms with Gasteiger partial charge in [0.25, 0.3) is 0 Å². The summed E-state index contributed by atoms with van der Waals surface area (Å²) < 4.78 is 0. The Morgan fingerprint density at radius 2 is 0.414 bits per heavy atom. The Labute approximate surface area is 571 Å². The van der Waals surface area contributed by atoms with Gasteiger partial charge in [-0.2, -0.15) is 0 Å². The summed E-state index contributed by atoms with van der Waals surface area (Å²) in [5.41, 5.74) is 27.7. The van der Waals surface area contributed by atoms with Gasteiger partial charge in [-0.05, 0) is 184 Å². The van der Waals surface area contributed by atoms with Gasteiger partial charge in [0, 0.05) is 33.4 Å². The van der Waals surface area contributed by atoms with Crippen molar-refractivity contribution in [3.8, 4) is 66.8 Å². The van der Waals surface area contributed by atoms with Gasteiger partial charge >= 0.3 is 0 Å². The lowest BCUT2D eigenvalue weighted by Gasteiger charge is -2.38. The molecule has 16 aromatic carbocycles. The summed E-state index contributed by atoms with van der Waals surface area (Å²) in [6, 6.07) is 117. The molecule has 99 heavy (non-hydrogen) atoms. The van der Waals surface area contributed by atoms with Gasteiger partial charge in [0.15, 0.2) is 17.3 Å². The predicted octanol–water partition coefficient (Wildman–Crippen LogP) is 21.9. The number of carbonyl (C=O) groups is 3. The highest BCUT2D eigenvalue weighted by Crippen LogP contribution is 2.77. The van der Waals surface area contributed by atoms with Gasteiger partial charge in [-0.1, -0.05) is 309 Å². The van der Waals surface area contributed by atoms with Crippen molar-refractivity contribution in [1.82, 2.24) is 0 Å². The Morgan fingerprint density at radius 1 is 0.192 bits per heavy atom. The molecule has 3 atom stereocenters. The molecular formula is C96H54O3. The van der Waals surface area contributed by atoms with Crippen LogP contribution in [0, 0.1) is 0 Å². The molecule has 0 fully saturated rings. The average molecular weight is 1260 g/mol. The van der Waals surface area contributed by atoms with Crippen molar-refractivity contribution in [3.05, 3.63) is 428 Å². The first-order valence-corrected chi connectivity index (χ1v) is 34.3. The minimum absolute atomic E-state index is 0.0360. The summed E-state index contributed by atoms with van der Waals surface area (Å²) in [5.74, 6) is -0.108. The summed E-state index contributed by atoms with van der Waals surface area (Å²) in [7, 11) is 0. The minimum Gasteiger partial charge on any atom is -0.289 e. The molecule has 0 bridgehead atoms. The lowest BCUT2D eigenvalue weighted by molar-refractivity contribution is 0.103. The van der Waals surface area contributed by atoms with Gasteiger partial charge in [0.2, 0.25) is 0 Å². The lowest BCUT2D eigenvalue weighted by Crippen LogP contribution is -2.31. The normalized spacial score (nSPS) is 17.3. The maximum absolute atomic E-state index is 15.9. The Morgan fingerprint density at radius 3 is 0.707 bits per heavy atom. The number of hydrogen-bond acceptors (Lipinski definition) is 3. The SMILES string of the molecule is O=C(c1ccc2c(c1)[C@]1(c3ccccc3-2)c2ccccc2-c2c1c1c(c3c2[C@@]2(c4ccccc4-c4ccc(C(=O)c5cccc6ccccc56)cc42)c2ccccc2-3)[C@@]2(c3ccccc3-c3ccc(C(=O)c4cccc5ccccc45)cc32)c2ccccc2-1)c1cccc2ccccc12. The van der Waals surface area contributed by atoms with Gasteiger partial charge in [-0.15, -0.1) is 0 Å². The van der Waals surface area contributed by atoms with Crippen LogP contribution in [0.1, 0.15) is 115 Å². The van der Waals surface area contributed by atoms with Gasteiger partial charge in [-0.25, -0.2) is 0 Å². The van der Waals surface area contributed by atoms with Gasteiger partial charge in [0.1, 0.15) is 0 Å². The highest BCUT2D eigenvalue weighted by molar-refractivity contribution is 6.21. The number of hydrogen-bond donors (Lipinski definition) is 0. The monoisotopic (exact) mass is 1250 g/mol. The summed E-state index contributed by atoms with van der Waals surface area (Å²) in [6.45, 7) is 0. The van der Waals surface area contributed by atoms with Crippen LogP contribution in [0.15, 0.2) is 328 Å². The number of ketones is 3. The van der Waals surface area contributed by atoms with Gasteiger partial charge < -0.3 is 0 Å². The standard InChI is InChI=1S/C96H54O3/c97-91(70-37-19-25-55-22-1-4-28-61(55)70)58-46-49-67-64-31-7-13-40-76(64)94(82(67)52-58)79-43-16-10-34-73(79)85-88(94)86-74-35-11-17-44-80(74)95(77-41-14-8-32-65(77)68-50-47-59(53-83(68)95)92(98)71-38-20-26-56-23-2-5-29-62(56)71)90(86)87-75-36-12-18-45-81(75)96(89(85)87)78-42-15-9-33-66(78)69-51-48-60(54-84(69)96)93(99)72-39-21-27-57-24-3-6-30-63(57)72/h1-54H/t94-,95-,96-/m0/s1. The molecule has 0 unspecified atom stereocenters. The van der Waals surface area contributed by atoms with E-state index in [0.717, 1.165) is 166 Å². The topological polar surface area (TPSA) is 51.2 Å². The molecular weight excluding hydrogens is 1200 g/mol. The third-order valence-corrected chi connectivity index (χ3v) is 23.5. The second-order valence-electron chi connectivity index (χ2n) is 27.6. The molecule has 0 saturated carbocycles. The van der Waals surface area contributed by atoms with E-state index in [1.165, 1.54) is 0 Å². The Kier molecular flexibility index (Phi) is 10.7. The summed E-state index contributed by atoms with van der Waals surface area (Å²) >= 11 is 0. The molecule has 22 rings (SSSR count). The quantitative estimate of drug-likeness (QED) is 0.156. The fraction of sp³-hybridized carbons (Fsp3) is 0.0312. The van der Waals surface area contributed by atoms with Crippen LogP contribution in [0.3, 0.4) is 0 Å². The molecule has 0 radical (unpaired) electrons. The molecule has 0 N–H and O–H groups in total. The number of fused-ring (bicyclic) bond motifs is 36. The van der Waals surface area contributed by atoms with E-state index in [1.807, 2.05) is 72.8 Å². The number of rotatable bonds is 6. The van der Waals surface area contributed by atoms with Crippen LogP contribution in [0.4, 0.5) is 0 Å². The first kappa shape index (κ1) is 54.5. The van der Waals surface area contributed by atoms with Crippen LogP contribution >= 0.6 is 0 Å². The first-order valence-electron chi connectivity index (χ1n) is 34.3. The van der Waals surface area contributed by atoms with Crippen LogP contribution in [0.5, 0.6) is 0 Å². The van der Waals surface area contributed by atoms with E-state index in [4.69, 9.17) is 0 Å². The molecule has 0 aliphatic heterocycles. The molecule has 0 heterocycles. The lowest BCUT2D eigenvalue weighted by atomic mass is 9.63. The Bertz CT molecular complexity index is 5800. The van der Waals surface area contributed by atoms with Crippen molar-refractivity contribution in [1.29, 1.82) is 0 Å². The molecule has 0 aromatic heterocycles.